The van der Waals surface area contributed by atoms with Gasteiger partial charge in [-0.05, 0) is 90.3 Å². The maximum absolute atomic E-state index is 13.8. The molecule has 408 valence electrons. The van der Waals surface area contributed by atoms with E-state index in [0.717, 1.165) is 13.7 Å². The minimum absolute atomic E-state index is 0.000579. The molecule has 3 aromatic rings. The number of hydrogen-bond acceptors (Lipinski definition) is 17. The van der Waals surface area contributed by atoms with E-state index < -0.39 is 128 Å². The van der Waals surface area contributed by atoms with Gasteiger partial charge in [-0.25, -0.2) is 0 Å². The lowest BCUT2D eigenvalue weighted by Crippen LogP contribution is -2.48. The van der Waals surface area contributed by atoms with E-state index in [1.54, 1.807) is 4.90 Å². The van der Waals surface area contributed by atoms with Crippen molar-refractivity contribution in [2.24, 2.45) is 0 Å². The van der Waals surface area contributed by atoms with Crippen molar-refractivity contribution < 1.29 is 78.5 Å². The smallest absolute Gasteiger partial charge is 0.303 e. The lowest BCUT2D eigenvalue weighted by Gasteiger charge is -2.29. The number of unbranched alkanes of at least 4 members (excludes halogenated alkanes) is 3. The number of carbonyl (C=O) groups is 4. The summed E-state index contributed by atoms with van der Waals surface area (Å²) in [6, 6.07) is 2.73. The Labute approximate surface area is 420 Å². The van der Waals surface area contributed by atoms with E-state index in [9.17, 15) is 79.2 Å². The van der Waals surface area contributed by atoms with Gasteiger partial charge in [0, 0.05) is 81.9 Å². The second-order valence-corrected chi connectivity index (χ2v) is 22.0. The molecule has 10 N–H and O–H groups in total. The molecule has 73 heavy (non-hydrogen) atoms. The molecule has 1 unspecified atom stereocenters. The van der Waals surface area contributed by atoms with Crippen molar-refractivity contribution >= 4 is 54.0 Å². The summed E-state index contributed by atoms with van der Waals surface area (Å²) in [7, 11) is -12.7. The minimum Gasteiger partial charge on any atom is -0.502 e. The van der Waals surface area contributed by atoms with Gasteiger partial charge in [0.25, 0.3) is 64.8 Å². The van der Waals surface area contributed by atoms with Crippen LogP contribution in [0.3, 0.4) is 0 Å². The number of aryl methyl sites for hydroxylation is 3. The highest BCUT2D eigenvalue weighted by molar-refractivity contribution is 7.86. The fourth-order valence-corrected chi connectivity index (χ4v) is 9.42. The van der Waals surface area contributed by atoms with E-state index in [1.165, 1.54) is 39.0 Å². The number of carboxylic acids is 1. The van der Waals surface area contributed by atoms with Crippen LogP contribution in [0.25, 0.3) is 0 Å². The molecule has 0 aromatic carbocycles. The summed E-state index contributed by atoms with van der Waals surface area (Å²) in [5.74, 6) is -8.34. The fraction of sp³-hybridized carbons (Fsp3) is 0.558. The lowest BCUT2D eigenvalue weighted by atomic mass is 10.1. The molecular weight excluding hydrogens is 1030 g/mol. The maximum atomic E-state index is 13.8. The number of nitrogens with zero attached hydrogens (tertiary/aromatic N) is 4. The molecule has 3 aromatic heterocycles. The Hall–Kier alpha value is -6.18. The molecule has 0 bridgehead atoms. The molecular formula is C43H63N7O20S3. The zero-order valence-electron chi connectivity index (χ0n) is 40.4. The van der Waals surface area contributed by atoms with Gasteiger partial charge in [0.1, 0.15) is 0 Å². The molecule has 30 heteroatoms. The van der Waals surface area contributed by atoms with Gasteiger partial charge >= 0.3 is 5.97 Å². The van der Waals surface area contributed by atoms with Gasteiger partial charge in [0.15, 0.2) is 17.2 Å². The van der Waals surface area contributed by atoms with Crippen LogP contribution in [-0.2, 0) is 54.8 Å². The van der Waals surface area contributed by atoms with Crippen LogP contribution in [0.1, 0.15) is 106 Å². The van der Waals surface area contributed by atoms with Gasteiger partial charge in [-0.15, -0.1) is 0 Å². The zero-order chi connectivity index (χ0) is 55.0. The normalized spacial score (nSPS) is 12.4. The Bertz CT molecular complexity index is 2900. The molecule has 3 heterocycles. The average molecular weight is 1090 g/mol. The summed E-state index contributed by atoms with van der Waals surface area (Å²) >= 11 is 0. The first-order chi connectivity index (χ1) is 33.9. The number of aliphatic carboxylic acids is 1. The van der Waals surface area contributed by atoms with Gasteiger partial charge in [-0.1, -0.05) is 0 Å². The first kappa shape index (κ1) is 61.1. The maximum Gasteiger partial charge on any atom is 0.303 e. The Morgan fingerprint density at radius 3 is 1.19 bits per heavy atom. The molecule has 3 amide bonds. The van der Waals surface area contributed by atoms with Crippen molar-refractivity contribution in [1.29, 1.82) is 0 Å². The van der Waals surface area contributed by atoms with Crippen LogP contribution >= 0.6 is 0 Å². The van der Waals surface area contributed by atoms with E-state index in [0.29, 0.717) is 0 Å². The van der Waals surface area contributed by atoms with Crippen LogP contribution in [0.2, 0.25) is 0 Å². The third kappa shape index (κ3) is 20.0. The third-order valence-electron chi connectivity index (χ3n) is 11.5. The SMILES string of the molecule is Cc1cc(C(=O)NCCN(CCNC(=O)c2cc(C)n(CCCCS(=O)(=O)O)c(=O)c2O)CC(CCCC(=O)O)NC(=O)c2cc(C)n(CCCCS(=O)(=O)O)c(=O)c2O)c(O)c(=O)n1CCCCS(=O)(=O)O. The number of hydrogen-bond donors (Lipinski definition) is 10. The second kappa shape index (κ2) is 27.2. The van der Waals surface area contributed by atoms with Crippen molar-refractivity contribution in [1.82, 2.24) is 34.6 Å². The quantitative estimate of drug-likeness (QED) is 0.0293. The van der Waals surface area contributed by atoms with Crippen LogP contribution in [0.5, 0.6) is 17.2 Å². The van der Waals surface area contributed by atoms with Gasteiger partial charge < -0.3 is 50.1 Å². The molecule has 0 fully saturated rings. The highest BCUT2D eigenvalue weighted by Crippen LogP contribution is 2.18. The predicted octanol–water partition coefficient (Wildman–Crippen LogP) is -0.267. The molecule has 27 nitrogen and oxygen atoms in total. The highest BCUT2D eigenvalue weighted by Gasteiger charge is 2.25. The Morgan fingerprint density at radius 1 is 0.548 bits per heavy atom. The largest absolute Gasteiger partial charge is 0.502 e. The minimum atomic E-state index is -4.26. The van der Waals surface area contributed by atoms with Crippen molar-refractivity contribution in [2.45, 2.75) is 104 Å². The standard InChI is InChI=1S/C43H63N7O20S3/c1-27-23-31(35(53)41(59)48(27)15-4-7-20-71(62,63)64)38(56)44-13-18-47(19-14-45-39(57)32-24-28(2)49(42(60)36(32)54)16-5-8-21-72(65,66)67)26-30(11-10-12-34(51)52)46-40(58)33-25-29(3)50(43(61)37(33)55)17-6-9-22-73(68,69)70/h23-25,30,53-55H,4-22,26H2,1-3H3,(H,44,56)(H,45,57)(H,46,58)(H,51,52)(H,62,63,64)(H,65,66,67)(H,68,69,70). The molecule has 0 aliphatic heterocycles. The van der Waals surface area contributed by atoms with Gasteiger partial charge in [0.05, 0.1) is 33.9 Å². The summed E-state index contributed by atoms with van der Waals surface area (Å²) in [4.78, 5) is 93.0. The lowest BCUT2D eigenvalue weighted by molar-refractivity contribution is -0.137. The van der Waals surface area contributed by atoms with E-state index in [1.807, 2.05) is 0 Å². The van der Waals surface area contributed by atoms with Crippen LogP contribution in [0, 0.1) is 20.8 Å². The van der Waals surface area contributed by atoms with Crippen LogP contribution in [0.4, 0.5) is 0 Å². The number of carboxylic acid groups (broad SMARTS) is 1. The van der Waals surface area contributed by atoms with Crippen molar-refractivity contribution in [3.05, 3.63) is 83.0 Å². The van der Waals surface area contributed by atoms with Crippen LogP contribution in [-0.4, -0.2) is 158 Å². The van der Waals surface area contributed by atoms with Crippen molar-refractivity contribution in [3.63, 3.8) is 0 Å². The van der Waals surface area contributed by atoms with Crippen molar-refractivity contribution in [3.8, 4) is 17.2 Å². The predicted molar refractivity (Wildman–Crippen MR) is 262 cm³/mol. The molecule has 3 rings (SSSR count). The van der Waals surface area contributed by atoms with E-state index in [-0.39, 0.29) is 127 Å². The molecule has 0 radical (unpaired) electrons. The summed E-state index contributed by atoms with van der Waals surface area (Å²) in [5, 5.41) is 49.6. The monoisotopic (exact) mass is 1090 g/mol. The number of nitrogens with one attached hydrogen (secondary N) is 3. The summed E-state index contributed by atoms with van der Waals surface area (Å²) in [6.45, 7) is 3.50. The summed E-state index contributed by atoms with van der Waals surface area (Å²) in [6.07, 6.45) is 0.0218. The molecule has 0 spiro atoms. The van der Waals surface area contributed by atoms with E-state index in [2.05, 4.69) is 16.0 Å². The van der Waals surface area contributed by atoms with E-state index >= 15 is 0 Å². The van der Waals surface area contributed by atoms with Crippen LogP contribution in [0.15, 0.2) is 32.6 Å². The number of aromatic nitrogens is 3. The fourth-order valence-electron chi connectivity index (χ4n) is 7.71. The zero-order valence-corrected chi connectivity index (χ0v) is 42.9. The van der Waals surface area contributed by atoms with Gasteiger partial charge in [-0.3, -0.25) is 52.1 Å². The second-order valence-electron chi connectivity index (χ2n) is 17.3. The first-order valence-electron chi connectivity index (χ1n) is 22.9. The number of carbonyl (C=O) groups excluding carboxylic acids is 3. The average Bonchev–Trinajstić information content (AvgIpc) is 3.27. The molecule has 0 saturated heterocycles. The Kier molecular flexibility index (Phi) is 22.8. The van der Waals surface area contributed by atoms with E-state index in [4.69, 9.17) is 13.7 Å². The Balaban J connectivity index is 1.90. The van der Waals surface area contributed by atoms with Crippen LogP contribution < -0.4 is 32.6 Å². The number of aromatic hydroxyl groups is 3. The molecule has 0 saturated carbocycles. The Morgan fingerprint density at radius 2 is 0.877 bits per heavy atom. The molecule has 0 aliphatic carbocycles. The summed E-state index contributed by atoms with van der Waals surface area (Å²) in [5.41, 5.74) is -3.44. The first-order valence-corrected chi connectivity index (χ1v) is 27.7. The summed E-state index contributed by atoms with van der Waals surface area (Å²) < 4.78 is 96.9. The van der Waals surface area contributed by atoms with Gasteiger partial charge in [-0.2, -0.15) is 25.3 Å². The number of amides is 3. The molecule has 0 aliphatic rings. The number of rotatable bonds is 31. The van der Waals surface area contributed by atoms with Gasteiger partial charge in [0.2, 0.25) is 0 Å². The topological polar surface area (TPSA) is 418 Å². The molecule has 1 atom stereocenters. The highest BCUT2D eigenvalue weighted by atomic mass is 32.2. The third-order valence-corrected chi connectivity index (χ3v) is 13.9. The van der Waals surface area contributed by atoms with Crippen molar-refractivity contribution in [2.75, 3.05) is 50.0 Å². The number of pyridine rings is 3.